The van der Waals surface area contributed by atoms with Crippen molar-refractivity contribution in [1.82, 2.24) is 9.97 Å². The average molecular weight is 406 g/mol. The summed E-state index contributed by atoms with van der Waals surface area (Å²) in [4.78, 5) is 20.8. The normalized spacial score (nSPS) is 17.6. The van der Waals surface area contributed by atoms with Gasteiger partial charge in [0.1, 0.15) is 28.3 Å². The van der Waals surface area contributed by atoms with E-state index >= 15 is 0 Å². The molecule has 1 heterocycles. The second kappa shape index (κ2) is 7.13. The molecule has 2 aliphatic carbocycles. The van der Waals surface area contributed by atoms with Gasteiger partial charge in [-0.05, 0) is 37.8 Å². The average Bonchev–Trinajstić information content (AvgIpc) is 3.58. The second-order valence-electron chi connectivity index (χ2n) is 7.14. The molecule has 0 unspecified atom stereocenters. The molecule has 2 aliphatic rings. The van der Waals surface area contributed by atoms with Gasteiger partial charge in [-0.15, -0.1) is 0 Å². The molecule has 1 N–H and O–H groups in total. The van der Waals surface area contributed by atoms with Gasteiger partial charge in [0.25, 0.3) is 0 Å². The first-order valence-corrected chi connectivity index (χ1v) is 9.37. The maximum Gasteiger partial charge on any atom is 0.358 e. The number of halogens is 3. The van der Waals surface area contributed by atoms with Crippen molar-refractivity contribution in [2.75, 3.05) is 12.4 Å². The van der Waals surface area contributed by atoms with Crippen LogP contribution in [0, 0.1) is 11.6 Å². The number of methoxy groups -OCH3 is 1. The largest absolute Gasteiger partial charge is 0.464 e. The van der Waals surface area contributed by atoms with E-state index in [4.69, 9.17) is 16.3 Å². The molecule has 0 aliphatic heterocycles. The number of benzene rings is 1. The number of rotatable bonds is 6. The summed E-state index contributed by atoms with van der Waals surface area (Å²) in [6.07, 6.45) is 6.94. The fourth-order valence-electron chi connectivity index (χ4n) is 2.89. The van der Waals surface area contributed by atoms with Crippen molar-refractivity contribution < 1.29 is 18.3 Å². The summed E-state index contributed by atoms with van der Waals surface area (Å²) < 4.78 is 31.7. The molecule has 28 heavy (non-hydrogen) atoms. The summed E-state index contributed by atoms with van der Waals surface area (Å²) in [7, 11) is 1.27. The molecular weight excluding hydrogens is 388 g/mol. The number of anilines is 1. The number of ether oxygens (including phenoxy) is 1. The van der Waals surface area contributed by atoms with Gasteiger partial charge >= 0.3 is 5.97 Å². The summed E-state index contributed by atoms with van der Waals surface area (Å²) in [5.74, 6) is -0.718. The Bertz CT molecular complexity index is 972. The summed E-state index contributed by atoms with van der Waals surface area (Å²) >= 11 is 6.36. The Morgan fingerprint density at radius 2 is 2.07 bits per heavy atom. The molecule has 2 saturated carbocycles. The highest BCUT2D eigenvalue weighted by Crippen LogP contribution is 2.44. The smallest absolute Gasteiger partial charge is 0.358 e. The van der Waals surface area contributed by atoms with Gasteiger partial charge in [-0.1, -0.05) is 23.8 Å². The number of carbonyl (C=O) groups excluding carboxylic acids is 1. The minimum atomic E-state index is -0.629. The third kappa shape index (κ3) is 3.85. The molecule has 0 amide bonds. The quantitative estimate of drug-likeness (QED) is 0.704. The number of hydrogen-bond acceptors (Lipinski definition) is 5. The molecular formula is C20H18ClF2N3O2. The Morgan fingerprint density at radius 3 is 2.68 bits per heavy atom. The maximum atomic E-state index is 13.9. The second-order valence-corrected chi connectivity index (χ2v) is 7.52. The number of nitrogens with one attached hydrogen (secondary N) is 1. The SMILES string of the molecule is COC(=O)c1nc(C2CC2)nc(NC2(/C=C/c3ccc(F)cc3F)CC2)c1Cl. The van der Waals surface area contributed by atoms with Crippen molar-refractivity contribution in [3.8, 4) is 0 Å². The first-order valence-electron chi connectivity index (χ1n) is 8.99. The molecule has 0 atom stereocenters. The molecule has 8 heteroatoms. The third-order valence-electron chi connectivity index (χ3n) is 4.89. The van der Waals surface area contributed by atoms with E-state index in [0.29, 0.717) is 11.6 Å². The minimum Gasteiger partial charge on any atom is -0.464 e. The van der Waals surface area contributed by atoms with Crippen LogP contribution in [0.3, 0.4) is 0 Å². The van der Waals surface area contributed by atoms with Gasteiger partial charge in [-0.2, -0.15) is 0 Å². The highest BCUT2D eigenvalue weighted by atomic mass is 35.5. The van der Waals surface area contributed by atoms with E-state index in [1.165, 1.54) is 19.2 Å². The van der Waals surface area contributed by atoms with E-state index in [1.807, 2.05) is 6.08 Å². The molecule has 2 fully saturated rings. The minimum absolute atomic E-state index is 0.0351. The van der Waals surface area contributed by atoms with E-state index in [-0.39, 0.29) is 22.2 Å². The van der Waals surface area contributed by atoms with Gasteiger partial charge in [-0.3, -0.25) is 0 Å². The van der Waals surface area contributed by atoms with Gasteiger partial charge in [0.2, 0.25) is 0 Å². The molecule has 146 valence electrons. The Labute approximate surface area is 165 Å². The maximum absolute atomic E-state index is 13.9. The predicted molar refractivity (Wildman–Crippen MR) is 101 cm³/mol. The van der Waals surface area contributed by atoms with Crippen LogP contribution in [-0.2, 0) is 4.74 Å². The first-order chi connectivity index (χ1) is 13.4. The van der Waals surface area contributed by atoms with Crippen molar-refractivity contribution in [2.45, 2.75) is 37.1 Å². The molecule has 2 aromatic rings. The van der Waals surface area contributed by atoms with Crippen molar-refractivity contribution in [2.24, 2.45) is 0 Å². The molecule has 0 saturated heterocycles. The van der Waals surface area contributed by atoms with Crippen molar-refractivity contribution in [3.63, 3.8) is 0 Å². The van der Waals surface area contributed by atoms with Gasteiger partial charge in [0.15, 0.2) is 5.69 Å². The summed E-state index contributed by atoms with van der Waals surface area (Å²) in [5, 5.41) is 3.37. The Hall–Kier alpha value is -2.54. The molecule has 0 bridgehead atoms. The number of esters is 1. The van der Waals surface area contributed by atoms with Gasteiger partial charge in [0, 0.05) is 17.5 Å². The number of aromatic nitrogens is 2. The van der Waals surface area contributed by atoms with Crippen LogP contribution in [0.4, 0.5) is 14.6 Å². The van der Waals surface area contributed by atoms with E-state index < -0.39 is 23.1 Å². The Kier molecular flexibility index (Phi) is 4.79. The Balaban J connectivity index is 1.61. The van der Waals surface area contributed by atoms with Crippen LogP contribution < -0.4 is 5.32 Å². The number of nitrogens with zero attached hydrogens (tertiary/aromatic N) is 2. The highest BCUT2D eigenvalue weighted by molar-refractivity contribution is 6.35. The fourth-order valence-corrected chi connectivity index (χ4v) is 3.10. The molecule has 1 aromatic heterocycles. The van der Waals surface area contributed by atoms with Gasteiger partial charge in [-0.25, -0.2) is 23.5 Å². The van der Waals surface area contributed by atoms with Gasteiger partial charge in [0.05, 0.1) is 12.6 Å². The van der Waals surface area contributed by atoms with Crippen LogP contribution in [0.15, 0.2) is 24.3 Å². The molecule has 1 aromatic carbocycles. The highest BCUT2D eigenvalue weighted by Gasteiger charge is 2.42. The van der Waals surface area contributed by atoms with Crippen LogP contribution in [0.5, 0.6) is 0 Å². The third-order valence-corrected chi connectivity index (χ3v) is 5.25. The number of hydrogen-bond donors (Lipinski definition) is 1. The molecule has 0 radical (unpaired) electrons. The van der Waals surface area contributed by atoms with E-state index in [0.717, 1.165) is 31.7 Å². The predicted octanol–water partition coefficient (Wildman–Crippen LogP) is 4.73. The number of carbonyl (C=O) groups is 1. The van der Waals surface area contributed by atoms with Crippen LogP contribution in [0.2, 0.25) is 5.02 Å². The zero-order chi connectivity index (χ0) is 19.9. The fraction of sp³-hybridized carbons (Fsp3) is 0.350. The summed E-state index contributed by atoms with van der Waals surface area (Å²) in [6.45, 7) is 0. The van der Waals surface area contributed by atoms with Crippen molar-refractivity contribution >= 4 is 29.5 Å². The monoisotopic (exact) mass is 405 g/mol. The van der Waals surface area contributed by atoms with Crippen molar-refractivity contribution in [1.29, 1.82) is 0 Å². The van der Waals surface area contributed by atoms with Crippen LogP contribution in [0.1, 0.15) is 53.5 Å². The van der Waals surface area contributed by atoms with E-state index in [2.05, 4.69) is 15.3 Å². The lowest BCUT2D eigenvalue weighted by Crippen LogP contribution is -2.21. The lowest BCUT2D eigenvalue weighted by atomic mass is 10.1. The topological polar surface area (TPSA) is 64.1 Å². The zero-order valence-electron chi connectivity index (χ0n) is 15.1. The van der Waals surface area contributed by atoms with Crippen molar-refractivity contribution in [3.05, 3.63) is 58.0 Å². The van der Waals surface area contributed by atoms with Crippen LogP contribution in [0.25, 0.3) is 6.08 Å². The van der Waals surface area contributed by atoms with Gasteiger partial charge < -0.3 is 10.1 Å². The lowest BCUT2D eigenvalue weighted by Gasteiger charge is -2.17. The summed E-state index contributed by atoms with van der Waals surface area (Å²) in [6, 6.07) is 3.44. The molecule has 5 nitrogen and oxygen atoms in total. The van der Waals surface area contributed by atoms with E-state index in [9.17, 15) is 13.6 Å². The zero-order valence-corrected chi connectivity index (χ0v) is 15.9. The molecule has 4 rings (SSSR count). The van der Waals surface area contributed by atoms with E-state index in [1.54, 1.807) is 6.08 Å². The lowest BCUT2D eigenvalue weighted by molar-refractivity contribution is 0.0593. The first kappa shape index (κ1) is 18.8. The van der Waals surface area contributed by atoms with Crippen LogP contribution >= 0.6 is 11.6 Å². The summed E-state index contributed by atoms with van der Waals surface area (Å²) in [5.41, 5.74) is -0.127. The standard InChI is InChI=1S/C20H18ClF2N3O2/c1-28-19(27)16-15(21)18(25-17(24-16)12-2-3-12)26-20(8-9-20)7-6-11-4-5-13(22)10-14(11)23/h4-7,10,12H,2-3,8-9H2,1H3,(H,24,25,26)/b7-6+. The molecule has 0 spiro atoms. The Morgan fingerprint density at radius 1 is 1.32 bits per heavy atom. The van der Waals surface area contributed by atoms with Crippen LogP contribution in [-0.4, -0.2) is 28.6 Å².